The van der Waals surface area contributed by atoms with Crippen molar-refractivity contribution in [2.24, 2.45) is 0 Å². The summed E-state index contributed by atoms with van der Waals surface area (Å²) in [7, 11) is 0. The standard InChI is InChI=1S/C24H24N2O4S/c1-4-11-31-16(3)15-26-19-13-18(12-17-9-7-6-8-10-17)14-25-21(19)22(27)20(23(26)28)24(29)30-5-2/h4,6-11,13-14,27H,3,5,12,15H2,1-2H3/b11-4-. The number of carbonyl (C=O) groups is 1. The van der Waals surface area contributed by atoms with E-state index in [1.807, 2.05) is 54.8 Å². The number of allylic oxidation sites excluding steroid dienone is 2. The van der Waals surface area contributed by atoms with Crippen molar-refractivity contribution in [3.05, 3.63) is 92.6 Å². The van der Waals surface area contributed by atoms with E-state index in [-0.39, 0.29) is 18.7 Å². The summed E-state index contributed by atoms with van der Waals surface area (Å²) in [6.07, 6.45) is 4.13. The van der Waals surface area contributed by atoms with Gasteiger partial charge in [0.25, 0.3) is 5.56 Å². The lowest BCUT2D eigenvalue weighted by Crippen LogP contribution is -2.28. The number of hydrogen-bond acceptors (Lipinski definition) is 6. The predicted octanol–water partition coefficient (Wildman–Crippen LogP) is 4.65. The van der Waals surface area contributed by atoms with Gasteiger partial charge in [0.05, 0.1) is 18.7 Å². The summed E-state index contributed by atoms with van der Waals surface area (Å²) < 4.78 is 6.41. The van der Waals surface area contributed by atoms with Crippen molar-refractivity contribution >= 4 is 28.8 Å². The summed E-state index contributed by atoms with van der Waals surface area (Å²) in [5.41, 5.74) is 1.53. The van der Waals surface area contributed by atoms with Gasteiger partial charge in [-0.15, -0.1) is 11.8 Å². The van der Waals surface area contributed by atoms with Gasteiger partial charge in [0, 0.05) is 11.1 Å². The fraction of sp³-hybridized carbons (Fsp3) is 0.208. The van der Waals surface area contributed by atoms with Gasteiger partial charge < -0.3 is 14.4 Å². The van der Waals surface area contributed by atoms with E-state index in [9.17, 15) is 14.7 Å². The number of aromatic hydroxyl groups is 1. The number of rotatable bonds is 8. The summed E-state index contributed by atoms with van der Waals surface area (Å²) in [6.45, 7) is 7.79. The first kappa shape index (κ1) is 22.4. The van der Waals surface area contributed by atoms with Crippen LogP contribution in [0, 0.1) is 0 Å². The summed E-state index contributed by atoms with van der Waals surface area (Å²) in [5.74, 6) is -1.34. The van der Waals surface area contributed by atoms with Gasteiger partial charge in [0.1, 0.15) is 5.52 Å². The Hall–Kier alpha value is -3.32. The maximum Gasteiger partial charge on any atom is 0.347 e. The van der Waals surface area contributed by atoms with Crippen LogP contribution in [-0.2, 0) is 17.7 Å². The normalized spacial score (nSPS) is 11.2. The molecule has 3 aromatic rings. The van der Waals surface area contributed by atoms with Crippen molar-refractivity contribution in [2.45, 2.75) is 26.8 Å². The van der Waals surface area contributed by atoms with Crippen LogP contribution in [0.5, 0.6) is 5.75 Å². The first-order valence-electron chi connectivity index (χ1n) is 9.87. The average Bonchev–Trinajstić information content (AvgIpc) is 2.76. The molecule has 0 fully saturated rings. The Balaban J connectivity index is 2.17. The molecule has 0 bridgehead atoms. The topological polar surface area (TPSA) is 81.4 Å². The molecule has 0 saturated carbocycles. The molecule has 0 aliphatic carbocycles. The zero-order valence-corrected chi connectivity index (χ0v) is 18.3. The summed E-state index contributed by atoms with van der Waals surface area (Å²) in [6, 6.07) is 11.7. The van der Waals surface area contributed by atoms with E-state index in [2.05, 4.69) is 11.6 Å². The highest BCUT2D eigenvalue weighted by atomic mass is 32.2. The Bertz CT molecular complexity index is 1200. The van der Waals surface area contributed by atoms with Gasteiger partial charge in [-0.2, -0.15) is 0 Å². The summed E-state index contributed by atoms with van der Waals surface area (Å²) in [5, 5.41) is 12.6. The SMILES string of the molecule is C=C(Cn1c(=O)c(C(=O)OCC)c(O)c2ncc(Cc3ccccc3)cc21)S/C=C\C. The highest BCUT2D eigenvalue weighted by Gasteiger charge is 2.24. The fourth-order valence-corrected chi connectivity index (χ4v) is 3.73. The van der Waals surface area contributed by atoms with Crippen LogP contribution in [0.2, 0.25) is 0 Å². The van der Waals surface area contributed by atoms with E-state index in [1.54, 1.807) is 13.1 Å². The maximum absolute atomic E-state index is 13.2. The lowest BCUT2D eigenvalue weighted by Gasteiger charge is -2.15. The molecule has 7 heteroatoms. The molecule has 0 spiro atoms. The minimum absolute atomic E-state index is 0.0864. The van der Waals surface area contributed by atoms with Gasteiger partial charge in [0.15, 0.2) is 11.3 Å². The second-order valence-electron chi connectivity index (χ2n) is 6.83. The molecule has 0 unspecified atom stereocenters. The van der Waals surface area contributed by atoms with Gasteiger partial charge in [-0.3, -0.25) is 9.78 Å². The Morgan fingerprint density at radius 1 is 1.29 bits per heavy atom. The third-order valence-electron chi connectivity index (χ3n) is 4.57. The number of pyridine rings is 2. The van der Waals surface area contributed by atoms with Gasteiger partial charge in [0.2, 0.25) is 0 Å². The van der Waals surface area contributed by atoms with Crippen LogP contribution in [0.15, 0.2) is 70.4 Å². The van der Waals surface area contributed by atoms with Crippen molar-refractivity contribution in [1.82, 2.24) is 9.55 Å². The predicted molar refractivity (Wildman–Crippen MR) is 124 cm³/mol. The van der Waals surface area contributed by atoms with Gasteiger partial charge in [-0.25, -0.2) is 4.79 Å². The van der Waals surface area contributed by atoms with Crippen LogP contribution < -0.4 is 5.56 Å². The minimum atomic E-state index is -0.873. The number of benzene rings is 1. The van der Waals surface area contributed by atoms with Gasteiger partial charge >= 0.3 is 5.97 Å². The van der Waals surface area contributed by atoms with Crippen molar-refractivity contribution in [3.8, 4) is 5.75 Å². The molecule has 160 valence electrons. The number of hydrogen-bond donors (Lipinski definition) is 1. The van der Waals surface area contributed by atoms with Crippen molar-refractivity contribution in [1.29, 1.82) is 0 Å². The first-order chi connectivity index (χ1) is 15.0. The molecule has 0 amide bonds. The molecular formula is C24H24N2O4S. The van der Waals surface area contributed by atoms with Crippen LogP contribution in [0.3, 0.4) is 0 Å². The number of carbonyl (C=O) groups excluding carboxylic acids is 1. The van der Waals surface area contributed by atoms with E-state index in [0.29, 0.717) is 16.8 Å². The molecule has 0 atom stereocenters. The molecule has 0 saturated heterocycles. The smallest absolute Gasteiger partial charge is 0.347 e. The molecule has 2 aromatic heterocycles. The maximum atomic E-state index is 13.2. The molecule has 1 N–H and O–H groups in total. The van der Waals surface area contributed by atoms with Crippen LogP contribution in [-0.4, -0.2) is 27.2 Å². The molecule has 0 aliphatic heterocycles. The van der Waals surface area contributed by atoms with Crippen LogP contribution in [0.4, 0.5) is 0 Å². The average molecular weight is 437 g/mol. The quantitative estimate of drug-likeness (QED) is 0.518. The Morgan fingerprint density at radius 2 is 2.03 bits per heavy atom. The monoisotopic (exact) mass is 436 g/mol. The van der Waals surface area contributed by atoms with Crippen molar-refractivity contribution in [3.63, 3.8) is 0 Å². The molecule has 6 nitrogen and oxygen atoms in total. The lowest BCUT2D eigenvalue weighted by molar-refractivity contribution is 0.0520. The van der Waals surface area contributed by atoms with Crippen LogP contribution >= 0.6 is 11.8 Å². The van der Waals surface area contributed by atoms with Gasteiger partial charge in [-0.05, 0) is 42.9 Å². The fourth-order valence-electron chi connectivity index (χ4n) is 3.20. The second kappa shape index (κ2) is 10.1. The molecule has 2 heterocycles. The number of fused-ring (bicyclic) bond motifs is 1. The van der Waals surface area contributed by atoms with Gasteiger partial charge in [-0.1, -0.05) is 43.0 Å². The second-order valence-corrected chi connectivity index (χ2v) is 7.92. The lowest BCUT2D eigenvalue weighted by atomic mass is 10.1. The molecular weight excluding hydrogens is 412 g/mol. The number of nitrogens with zero attached hydrogens (tertiary/aromatic N) is 2. The molecule has 3 rings (SSSR count). The molecule has 0 aliphatic rings. The number of thioether (sulfide) groups is 1. The van der Waals surface area contributed by atoms with E-state index in [1.165, 1.54) is 16.3 Å². The van der Waals surface area contributed by atoms with Crippen LogP contribution in [0.25, 0.3) is 11.0 Å². The van der Waals surface area contributed by atoms with Crippen LogP contribution in [0.1, 0.15) is 35.3 Å². The van der Waals surface area contributed by atoms with E-state index < -0.39 is 22.8 Å². The highest BCUT2D eigenvalue weighted by Crippen LogP contribution is 2.28. The van der Waals surface area contributed by atoms with Crippen molar-refractivity contribution in [2.75, 3.05) is 6.61 Å². The summed E-state index contributed by atoms with van der Waals surface area (Å²) >= 11 is 1.39. The minimum Gasteiger partial charge on any atom is -0.505 e. The molecule has 31 heavy (non-hydrogen) atoms. The third-order valence-corrected chi connectivity index (χ3v) is 5.44. The number of esters is 1. The third kappa shape index (κ3) is 5.06. The van der Waals surface area contributed by atoms with E-state index in [0.717, 1.165) is 11.1 Å². The zero-order valence-electron chi connectivity index (χ0n) is 17.5. The van der Waals surface area contributed by atoms with E-state index in [4.69, 9.17) is 4.74 Å². The Morgan fingerprint density at radius 3 is 2.71 bits per heavy atom. The molecule has 0 radical (unpaired) electrons. The summed E-state index contributed by atoms with van der Waals surface area (Å²) in [4.78, 5) is 30.7. The Kier molecular flexibility index (Phi) is 7.31. The number of ether oxygens (including phenoxy) is 1. The highest BCUT2D eigenvalue weighted by molar-refractivity contribution is 8.05. The Labute approximate surface area is 184 Å². The largest absolute Gasteiger partial charge is 0.505 e. The molecule has 1 aromatic carbocycles. The zero-order chi connectivity index (χ0) is 22.4. The van der Waals surface area contributed by atoms with Crippen molar-refractivity contribution < 1.29 is 14.6 Å². The first-order valence-corrected chi connectivity index (χ1v) is 10.7. The van der Waals surface area contributed by atoms with E-state index >= 15 is 0 Å². The number of aromatic nitrogens is 2.